The first kappa shape index (κ1) is 30.5. The normalized spacial score (nSPS) is 11.9. The Morgan fingerprint density at radius 1 is 1.07 bits per heavy atom. The van der Waals surface area contributed by atoms with E-state index in [4.69, 9.17) is 19.9 Å². The van der Waals surface area contributed by atoms with Gasteiger partial charge < -0.3 is 25.3 Å². The molecule has 12 heteroatoms. The molecule has 0 saturated heterocycles. The Kier molecular flexibility index (Phi) is 10.2. The van der Waals surface area contributed by atoms with Crippen LogP contribution in [0.15, 0.2) is 53.8 Å². The zero-order chi connectivity index (χ0) is 29.4. The van der Waals surface area contributed by atoms with Gasteiger partial charge >= 0.3 is 5.97 Å². The van der Waals surface area contributed by atoms with E-state index < -0.39 is 29.2 Å². The number of benzene rings is 2. The number of esters is 1. The molecule has 40 heavy (non-hydrogen) atoms. The summed E-state index contributed by atoms with van der Waals surface area (Å²) in [6.07, 6.45) is 1.65. The number of carbonyl (C=O) groups excluding carboxylic acids is 3. The van der Waals surface area contributed by atoms with Crippen LogP contribution in [-0.2, 0) is 24.5 Å². The number of carbonyl (C=O) groups is 3. The number of rotatable bonds is 13. The van der Waals surface area contributed by atoms with Crippen LogP contribution >= 0.6 is 11.8 Å². The van der Waals surface area contributed by atoms with Gasteiger partial charge in [-0.25, -0.2) is 14.2 Å². The molecule has 0 aliphatic heterocycles. The van der Waals surface area contributed by atoms with Crippen molar-refractivity contribution in [3.8, 4) is 17.2 Å². The minimum atomic E-state index is -1.01. The quantitative estimate of drug-likeness (QED) is 0.235. The molecule has 3 rings (SSSR count). The maximum Gasteiger partial charge on any atom is 0.328 e. The second-order valence-corrected chi connectivity index (χ2v) is 10.3. The highest BCUT2D eigenvalue weighted by molar-refractivity contribution is 7.99. The molecule has 1 heterocycles. The van der Waals surface area contributed by atoms with Gasteiger partial charge in [-0.3, -0.25) is 14.2 Å². The van der Waals surface area contributed by atoms with Gasteiger partial charge in [0.2, 0.25) is 11.8 Å². The molecule has 0 unspecified atom stereocenters. The second kappa shape index (κ2) is 13.3. The van der Waals surface area contributed by atoms with E-state index in [9.17, 15) is 18.8 Å². The molecule has 2 amide bonds. The summed E-state index contributed by atoms with van der Waals surface area (Å²) in [7, 11) is 4.33. The Labute approximate surface area is 236 Å². The summed E-state index contributed by atoms with van der Waals surface area (Å²) in [5, 5.41) is 3.08. The van der Waals surface area contributed by atoms with Gasteiger partial charge in [-0.05, 0) is 48.4 Å². The Bertz CT molecular complexity index is 1360. The first-order valence-corrected chi connectivity index (χ1v) is 13.3. The molecule has 2 aromatic carbocycles. The summed E-state index contributed by atoms with van der Waals surface area (Å²) in [6, 6.07) is 10.6. The van der Waals surface area contributed by atoms with Gasteiger partial charge in [0.15, 0.2) is 16.7 Å². The lowest BCUT2D eigenvalue weighted by Crippen LogP contribution is -2.43. The van der Waals surface area contributed by atoms with E-state index in [0.717, 1.165) is 23.0 Å². The van der Waals surface area contributed by atoms with E-state index >= 15 is 0 Å². The lowest BCUT2D eigenvalue weighted by atomic mass is 9.81. The minimum absolute atomic E-state index is 0.0201. The van der Waals surface area contributed by atoms with Crippen LogP contribution in [0.25, 0.3) is 5.69 Å². The zero-order valence-electron chi connectivity index (χ0n) is 23.0. The van der Waals surface area contributed by atoms with Crippen molar-refractivity contribution in [3.05, 3.63) is 65.7 Å². The van der Waals surface area contributed by atoms with Crippen molar-refractivity contribution in [1.82, 2.24) is 14.9 Å². The molecule has 3 aromatic rings. The molecule has 0 bridgehead atoms. The average molecular weight is 573 g/mol. The van der Waals surface area contributed by atoms with E-state index in [1.807, 2.05) is 36.6 Å². The number of methoxy groups -OCH3 is 3. The number of imidazole rings is 1. The number of aromatic nitrogens is 2. The summed E-state index contributed by atoms with van der Waals surface area (Å²) in [5.41, 5.74) is 6.93. The first-order chi connectivity index (χ1) is 19.0. The lowest BCUT2D eigenvalue weighted by molar-refractivity contribution is -0.145. The van der Waals surface area contributed by atoms with Crippen LogP contribution < -0.4 is 20.5 Å². The Hall–Kier alpha value is -4.06. The van der Waals surface area contributed by atoms with Crippen molar-refractivity contribution in [1.29, 1.82) is 0 Å². The predicted octanol–water partition coefficient (Wildman–Crippen LogP) is 3.37. The molecule has 0 aliphatic rings. The van der Waals surface area contributed by atoms with E-state index in [1.54, 1.807) is 32.5 Å². The number of halogens is 1. The predicted molar refractivity (Wildman–Crippen MR) is 148 cm³/mol. The number of nitrogens with two attached hydrogens (primary N) is 1. The smallest absolute Gasteiger partial charge is 0.328 e. The number of nitrogens with zero attached hydrogens (tertiary/aromatic N) is 2. The lowest BCUT2D eigenvalue weighted by Gasteiger charge is -2.28. The Morgan fingerprint density at radius 3 is 2.35 bits per heavy atom. The molecular formula is C28H33FN4O6S. The highest BCUT2D eigenvalue weighted by Crippen LogP contribution is 2.39. The maximum atomic E-state index is 13.8. The zero-order valence-corrected chi connectivity index (χ0v) is 23.8. The van der Waals surface area contributed by atoms with Gasteiger partial charge in [0.25, 0.3) is 0 Å². The fourth-order valence-electron chi connectivity index (χ4n) is 4.13. The average Bonchev–Trinajstić information content (AvgIpc) is 3.38. The molecular weight excluding hydrogens is 539 g/mol. The van der Waals surface area contributed by atoms with Crippen LogP contribution in [-0.4, -0.2) is 60.5 Å². The molecule has 0 spiro atoms. The van der Waals surface area contributed by atoms with Gasteiger partial charge in [-0.1, -0.05) is 31.7 Å². The molecule has 1 atom stereocenters. The fourth-order valence-corrected chi connectivity index (χ4v) is 4.94. The van der Waals surface area contributed by atoms with Gasteiger partial charge in [0.1, 0.15) is 11.9 Å². The standard InChI is InChI=1S/C28H33FN4O6S/c1-28(2,17-6-12-21(37-3)22(14-17)38-4)23-15-31-27(33(23)19-9-7-18(29)8-10-19)40-16-25(35)32-20(26(36)39-5)11-13-24(30)34/h6-10,12,14-15,20H,11,13,16H2,1-5H3,(H2,30,34)(H,32,35)/t20-/m0/s1. The Balaban J connectivity index is 1.93. The molecule has 0 aliphatic carbocycles. The number of thioether (sulfide) groups is 1. The number of hydrogen-bond donors (Lipinski definition) is 2. The third kappa shape index (κ3) is 7.12. The molecule has 0 saturated carbocycles. The monoisotopic (exact) mass is 572 g/mol. The van der Waals surface area contributed by atoms with E-state index in [-0.39, 0.29) is 24.4 Å². The SMILES string of the molecule is COC(=O)[C@H](CCC(N)=O)NC(=O)CSc1ncc(C(C)(C)c2ccc(OC)c(OC)c2)n1-c1ccc(F)cc1. The van der Waals surface area contributed by atoms with E-state index in [2.05, 4.69) is 10.3 Å². The second-order valence-electron chi connectivity index (χ2n) is 9.37. The van der Waals surface area contributed by atoms with E-state index in [1.165, 1.54) is 19.2 Å². The summed E-state index contributed by atoms with van der Waals surface area (Å²) in [4.78, 5) is 40.6. The largest absolute Gasteiger partial charge is 0.493 e. The third-order valence-corrected chi connectivity index (χ3v) is 7.35. The van der Waals surface area contributed by atoms with Crippen LogP contribution in [0.1, 0.15) is 37.9 Å². The van der Waals surface area contributed by atoms with Crippen LogP contribution in [0.2, 0.25) is 0 Å². The summed E-state index contributed by atoms with van der Waals surface area (Å²) < 4.78 is 31.3. The van der Waals surface area contributed by atoms with Crippen molar-refractivity contribution in [3.63, 3.8) is 0 Å². The summed E-state index contributed by atoms with van der Waals surface area (Å²) in [5.74, 6) is -1.03. The van der Waals surface area contributed by atoms with Crippen LogP contribution in [0, 0.1) is 5.82 Å². The van der Waals surface area contributed by atoms with Gasteiger partial charge in [0.05, 0.1) is 39.0 Å². The summed E-state index contributed by atoms with van der Waals surface area (Å²) in [6.45, 7) is 4.04. The van der Waals surface area contributed by atoms with Gasteiger partial charge in [-0.2, -0.15) is 0 Å². The number of ether oxygens (including phenoxy) is 3. The number of nitrogens with one attached hydrogen (secondary N) is 1. The molecule has 214 valence electrons. The molecule has 1 aromatic heterocycles. The number of amides is 2. The van der Waals surface area contributed by atoms with Crippen LogP contribution in [0.3, 0.4) is 0 Å². The van der Waals surface area contributed by atoms with Crippen molar-refractivity contribution >= 4 is 29.5 Å². The van der Waals surface area contributed by atoms with Gasteiger partial charge in [0, 0.05) is 17.5 Å². The highest BCUT2D eigenvalue weighted by Gasteiger charge is 2.31. The topological polar surface area (TPSA) is 135 Å². The van der Waals surface area contributed by atoms with Crippen molar-refractivity contribution in [2.45, 2.75) is 43.3 Å². The molecule has 0 fully saturated rings. The molecule has 3 N–H and O–H groups in total. The number of hydrogen-bond acceptors (Lipinski definition) is 8. The van der Waals surface area contributed by atoms with E-state index in [0.29, 0.717) is 22.3 Å². The van der Waals surface area contributed by atoms with Crippen molar-refractivity contribution in [2.24, 2.45) is 5.73 Å². The summed E-state index contributed by atoms with van der Waals surface area (Å²) >= 11 is 1.14. The van der Waals surface area contributed by atoms with Crippen molar-refractivity contribution in [2.75, 3.05) is 27.1 Å². The maximum absolute atomic E-state index is 13.8. The third-order valence-electron chi connectivity index (χ3n) is 6.39. The highest BCUT2D eigenvalue weighted by atomic mass is 32.2. The Morgan fingerprint density at radius 2 is 1.75 bits per heavy atom. The molecule has 10 nitrogen and oxygen atoms in total. The van der Waals surface area contributed by atoms with Crippen LogP contribution in [0.4, 0.5) is 4.39 Å². The number of primary amides is 1. The fraction of sp³-hybridized carbons (Fsp3) is 0.357. The minimum Gasteiger partial charge on any atom is -0.493 e. The van der Waals surface area contributed by atoms with Crippen molar-refractivity contribution < 1.29 is 33.0 Å². The van der Waals surface area contributed by atoms with Crippen LogP contribution in [0.5, 0.6) is 11.5 Å². The first-order valence-electron chi connectivity index (χ1n) is 12.4. The van der Waals surface area contributed by atoms with Gasteiger partial charge in [-0.15, -0.1) is 0 Å². The molecule has 0 radical (unpaired) electrons.